The average Bonchev–Trinajstić information content (AvgIpc) is 3.11. The summed E-state index contributed by atoms with van der Waals surface area (Å²) in [6, 6.07) is 8.67. The van der Waals surface area contributed by atoms with Gasteiger partial charge in [0.15, 0.2) is 0 Å². The van der Waals surface area contributed by atoms with Crippen LogP contribution in [-0.4, -0.2) is 65.5 Å². The number of halogens is 2. The van der Waals surface area contributed by atoms with E-state index < -0.39 is 0 Å². The molecule has 1 unspecified atom stereocenters. The van der Waals surface area contributed by atoms with Crippen molar-refractivity contribution in [2.45, 2.75) is 18.9 Å². The summed E-state index contributed by atoms with van der Waals surface area (Å²) in [5.41, 5.74) is 0.778. The summed E-state index contributed by atoms with van der Waals surface area (Å²) < 4.78 is 5.98. The minimum Gasteiger partial charge on any atom is -0.487 e. The number of ether oxygens (including phenoxy) is 1. The summed E-state index contributed by atoms with van der Waals surface area (Å²) >= 11 is 12.0. The van der Waals surface area contributed by atoms with E-state index in [1.165, 1.54) is 6.20 Å². The van der Waals surface area contributed by atoms with Gasteiger partial charge >= 0.3 is 6.03 Å². The molecule has 1 atom stereocenters. The van der Waals surface area contributed by atoms with Crippen molar-refractivity contribution in [2.75, 3.05) is 37.6 Å². The first-order chi connectivity index (χ1) is 14.5. The SMILES string of the molecule is O=C(CN1CCN(c2ccc(Cl)cc2)C1=O)N1CCCC(Oc2ccncc2Cl)C1. The Morgan fingerprint density at radius 3 is 2.70 bits per heavy atom. The van der Waals surface area contributed by atoms with Crippen molar-refractivity contribution in [1.82, 2.24) is 14.8 Å². The van der Waals surface area contributed by atoms with Crippen LogP contribution in [-0.2, 0) is 4.79 Å². The van der Waals surface area contributed by atoms with Crippen LogP contribution >= 0.6 is 23.2 Å². The number of piperidine rings is 1. The number of aromatic nitrogens is 1. The topological polar surface area (TPSA) is 66.0 Å². The highest BCUT2D eigenvalue weighted by Crippen LogP contribution is 2.26. The molecule has 30 heavy (non-hydrogen) atoms. The molecule has 1 aromatic carbocycles. The van der Waals surface area contributed by atoms with Gasteiger partial charge in [0.25, 0.3) is 0 Å². The summed E-state index contributed by atoms with van der Waals surface area (Å²) in [6.45, 7) is 2.24. The summed E-state index contributed by atoms with van der Waals surface area (Å²) in [5.74, 6) is 0.495. The summed E-state index contributed by atoms with van der Waals surface area (Å²) in [6.07, 6.45) is 4.70. The van der Waals surface area contributed by atoms with Gasteiger partial charge in [0, 0.05) is 48.8 Å². The van der Waals surface area contributed by atoms with Crippen LogP contribution < -0.4 is 9.64 Å². The van der Waals surface area contributed by atoms with Gasteiger partial charge in [-0.15, -0.1) is 0 Å². The Hall–Kier alpha value is -2.51. The Kier molecular flexibility index (Phi) is 6.29. The van der Waals surface area contributed by atoms with E-state index in [1.54, 1.807) is 39.1 Å². The molecule has 0 spiro atoms. The number of anilines is 1. The molecular weight excluding hydrogens is 427 g/mol. The number of hydrogen-bond donors (Lipinski definition) is 0. The molecule has 4 rings (SSSR count). The third-order valence-electron chi connectivity index (χ3n) is 5.32. The normalized spacial score (nSPS) is 19.3. The minimum absolute atomic E-state index is 0.0612. The highest BCUT2D eigenvalue weighted by atomic mass is 35.5. The van der Waals surface area contributed by atoms with Crippen LogP contribution in [0.1, 0.15) is 12.8 Å². The fraction of sp³-hybridized carbons (Fsp3) is 0.381. The van der Waals surface area contributed by atoms with Crippen LogP contribution in [0.15, 0.2) is 42.7 Å². The van der Waals surface area contributed by atoms with Gasteiger partial charge in [-0.3, -0.25) is 14.7 Å². The number of carbonyl (C=O) groups is 2. The van der Waals surface area contributed by atoms with E-state index in [2.05, 4.69) is 4.98 Å². The van der Waals surface area contributed by atoms with Crippen LogP contribution in [0.25, 0.3) is 0 Å². The second-order valence-electron chi connectivity index (χ2n) is 7.36. The molecule has 2 aliphatic rings. The Morgan fingerprint density at radius 1 is 1.13 bits per heavy atom. The van der Waals surface area contributed by atoms with Gasteiger partial charge in [-0.05, 0) is 37.1 Å². The number of pyridine rings is 1. The van der Waals surface area contributed by atoms with E-state index in [0.29, 0.717) is 42.0 Å². The first-order valence-corrected chi connectivity index (χ1v) is 10.6. The quantitative estimate of drug-likeness (QED) is 0.699. The minimum atomic E-state index is -0.168. The summed E-state index contributed by atoms with van der Waals surface area (Å²) in [5, 5.41) is 1.07. The van der Waals surface area contributed by atoms with Gasteiger partial charge in [0.1, 0.15) is 23.4 Å². The fourth-order valence-corrected chi connectivity index (χ4v) is 4.04. The molecule has 2 fully saturated rings. The zero-order valence-corrected chi connectivity index (χ0v) is 17.8. The Balaban J connectivity index is 1.34. The highest BCUT2D eigenvalue weighted by Gasteiger charge is 2.33. The Labute approximate surface area is 185 Å². The molecule has 0 saturated carbocycles. The molecule has 2 aromatic rings. The van der Waals surface area contributed by atoms with E-state index in [0.717, 1.165) is 18.5 Å². The first-order valence-electron chi connectivity index (χ1n) is 9.87. The lowest BCUT2D eigenvalue weighted by atomic mass is 10.1. The largest absolute Gasteiger partial charge is 0.487 e. The third kappa shape index (κ3) is 4.63. The monoisotopic (exact) mass is 448 g/mol. The zero-order valence-electron chi connectivity index (χ0n) is 16.3. The molecular formula is C21H22Cl2N4O3. The van der Waals surface area contributed by atoms with Crippen LogP contribution in [0.3, 0.4) is 0 Å². The Morgan fingerprint density at radius 2 is 1.93 bits per heavy atom. The van der Waals surface area contributed by atoms with Gasteiger partial charge in [0.05, 0.1) is 6.54 Å². The Bertz CT molecular complexity index is 925. The maximum absolute atomic E-state index is 12.9. The molecule has 0 bridgehead atoms. The number of nitrogens with zero attached hydrogens (tertiary/aromatic N) is 4. The van der Waals surface area contributed by atoms with Crippen molar-refractivity contribution < 1.29 is 14.3 Å². The molecule has 3 heterocycles. The lowest BCUT2D eigenvalue weighted by Crippen LogP contribution is -2.48. The van der Waals surface area contributed by atoms with Gasteiger partial charge < -0.3 is 14.5 Å². The second-order valence-corrected chi connectivity index (χ2v) is 8.20. The van der Waals surface area contributed by atoms with Crippen molar-refractivity contribution in [2.24, 2.45) is 0 Å². The van der Waals surface area contributed by atoms with E-state index in [9.17, 15) is 9.59 Å². The number of benzene rings is 1. The predicted octanol–water partition coefficient (Wildman–Crippen LogP) is 3.70. The summed E-state index contributed by atoms with van der Waals surface area (Å²) in [4.78, 5) is 34.6. The van der Waals surface area contributed by atoms with Gasteiger partial charge in [-0.1, -0.05) is 23.2 Å². The number of likely N-dealkylation sites (tertiary alicyclic amines) is 1. The number of hydrogen-bond acceptors (Lipinski definition) is 4. The third-order valence-corrected chi connectivity index (χ3v) is 5.85. The number of urea groups is 1. The number of amides is 3. The molecule has 1 aromatic heterocycles. The van der Waals surface area contributed by atoms with E-state index >= 15 is 0 Å². The van der Waals surface area contributed by atoms with Crippen molar-refractivity contribution in [1.29, 1.82) is 0 Å². The van der Waals surface area contributed by atoms with E-state index in [4.69, 9.17) is 27.9 Å². The summed E-state index contributed by atoms with van der Waals surface area (Å²) in [7, 11) is 0. The van der Waals surface area contributed by atoms with Crippen molar-refractivity contribution in [3.8, 4) is 5.75 Å². The molecule has 3 amide bonds. The lowest BCUT2D eigenvalue weighted by Gasteiger charge is -2.34. The smallest absolute Gasteiger partial charge is 0.325 e. The molecule has 0 aliphatic carbocycles. The molecule has 2 aliphatic heterocycles. The van der Waals surface area contributed by atoms with Crippen molar-refractivity contribution >= 4 is 40.8 Å². The standard InChI is InChI=1S/C21H22Cl2N4O3/c22-15-3-5-16(6-4-15)27-11-10-26(21(27)29)14-20(28)25-9-1-2-17(13-25)30-19-7-8-24-12-18(19)23/h3-8,12,17H,1-2,9-11,13-14H2. The van der Waals surface area contributed by atoms with Gasteiger partial charge in [-0.2, -0.15) is 0 Å². The molecule has 0 N–H and O–H groups in total. The van der Waals surface area contributed by atoms with Crippen molar-refractivity contribution in [3.63, 3.8) is 0 Å². The van der Waals surface area contributed by atoms with Gasteiger partial charge in [0.2, 0.25) is 5.91 Å². The fourth-order valence-electron chi connectivity index (χ4n) is 3.75. The second kappa shape index (κ2) is 9.10. The first kappa shape index (κ1) is 20.8. The van der Waals surface area contributed by atoms with Crippen LogP contribution in [0.4, 0.5) is 10.5 Å². The number of rotatable bonds is 5. The number of carbonyl (C=O) groups excluding carboxylic acids is 2. The molecule has 2 saturated heterocycles. The highest BCUT2D eigenvalue weighted by molar-refractivity contribution is 6.31. The van der Waals surface area contributed by atoms with Crippen molar-refractivity contribution in [3.05, 3.63) is 52.8 Å². The molecule has 7 nitrogen and oxygen atoms in total. The maximum Gasteiger partial charge on any atom is 0.325 e. The zero-order chi connectivity index (χ0) is 21.1. The molecule has 9 heteroatoms. The van der Waals surface area contributed by atoms with Crippen LogP contribution in [0.2, 0.25) is 10.0 Å². The van der Waals surface area contributed by atoms with Crippen LogP contribution in [0.5, 0.6) is 5.75 Å². The van der Waals surface area contributed by atoms with E-state index in [1.807, 2.05) is 12.1 Å². The lowest BCUT2D eigenvalue weighted by molar-refractivity contribution is -0.134. The maximum atomic E-state index is 12.9. The predicted molar refractivity (Wildman–Crippen MR) is 115 cm³/mol. The van der Waals surface area contributed by atoms with Crippen LogP contribution in [0, 0.1) is 0 Å². The molecule has 158 valence electrons. The molecule has 0 radical (unpaired) electrons. The van der Waals surface area contributed by atoms with Gasteiger partial charge in [-0.25, -0.2) is 4.79 Å². The van der Waals surface area contributed by atoms with E-state index in [-0.39, 0.29) is 24.6 Å². The average molecular weight is 449 g/mol.